The Morgan fingerprint density at radius 2 is 1.86 bits per heavy atom. The van der Waals surface area contributed by atoms with Gasteiger partial charge in [0.2, 0.25) is 0 Å². The molecule has 4 nitrogen and oxygen atoms in total. The number of hydrogen-bond acceptors (Lipinski definition) is 3. The SMILES string of the molecule is CC.Cc1c(CN=c2nc(C)n(C)c3cnc(Cl)cc23)cccc1C(F)(F)F. The Morgan fingerprint density at radius 1 is 1.18 bits per heavy atom. The monoisotopic (exact) mass is 410 g/mol. The van der Waals surface area contributed by atoms with Gasteiger partial charge in [0.25, 0.3) is 0 Å². The second-order valence-electron chi connectivity index (χ2n) is 5.97. The Bertz CT molecular complexity index is 1060. The zero-order chi connectivity index (χ0) is 21.1. The predicted octanol–water partition coefficient (Wildman–Crippen LogP) is 5.38. The van der Waals surface area contributed by atoms with Gasteiger partial charge in [-0.15, -0.1) is 0 Å². The summed E-state index contributed by atoms with van der Waals surface area (Å²) >= 11 is 5.98. The molecular formula is C20H22ClF3N4. The van der Waals surface area contributed by atoms with E-state index in [0.29, 0.717) is 27.4 Å². The molecule has 0 N–H and O–H groups in total. The summed E-state index contributed by atoms with van der Waals surface area (Å²) in [5, 5.41) is 0.998. The molecule has 2 heterocycles. The van der Waals surface area contributed by atoms with E-state index in [1.54, 1.807) is 18.3 Å². The molecule has 0 spiro atoms. The fraction of sp³-hybridized carbons (Fsp3) is 0.350. The van der Waals surface area contributed by atoms with E-state index in [9.17, 15) is 13.2 Å². The molecular weight excluding hydrogens is 389 g/mol. The number of nitrogens with zero attached hydrogens (tertiary/aromatic N) is 4. The van der Waals surface area contributed by atoms with Crippen LogP contribution in [0.3, 0.4) is 0 Å². The highest BCUT2D eigenvalue weighted by molar-refractivity contribution is 6.30. The zero-order valence-electron chi connectivity index (χ0n) is 16.4. The van der Waals surface area contributed by atoms with E-state index >= 15 is 0 Å². The van der Waals surface area contributed by atoms with Gasteiger partial charge in [0, 0.05) is 12.4 Å². The Morgan fingerprint density at radius 3 is 2.50 bits per heavy atom. The molecule has 3 rings (SSSR count). The van der Waals surface area contributed by atoms with Gasteiger partial charge in [-0.25, -0.2) is 9.97 Å². The summed E-state index contributed by atoms with van der Waals surface area (Å²) in [6.07, 6.45) is -2.76. The number of rotatable bonds is 2. The maximum atomic E-state index is 13.1. The number of alkyl halides is 3. The lowest BCUT2D eigenvalue weighted by molar-refractivity contribution is -0.138. The van der Waals surface area contributed by atoms with Crippen LogP contribution in [0.5, 0.6) is 0 Å². The van der Waals surface area contributed by atoms with E-state index in [4.69, 9.17) is 11.6 Å². The lowest BCUT2D eigenvalue weighted by atomic mass is 10.0. The average Bonchev–Trinajstić information content (AvgIpc) is 2.65. The average molecular weight is 411 g/mol. The number of pyridine rings is 1. The van der Waals surface area contributed by atoms with Gasteiger partial charge in [0.1, 0.15) is 11.0 Å². The Labute approximate surface area is 166 Å². The minimum atomic E-state index is -4.39. The van der Waals surface area contributed by atoms with Crippen molar-refractivity contribution in [3.63, 3.8) is 0 Å². The number of benzene rings is 1. The van der Waals surface area contributed by atoms with Crippen LogP contribution < -0.4 is 5.49 Å². The van der Waals surface area contributed by atoms with Gasteiger partial charge in [0.05, 0.1) is 23.8 Å². The third-order valence-electron chi connectivity index (χ3n) is 4.36. The van der Waals surface area contributed by atoms with Crippen LogP contribution in [0.25, 0.3) is 10.9 Å². The number of aryl methyl sites for hydroxylation is 2. The highest BCUT2D eigenvalue weighted by Crippen LogP contribution is 2.33. The second-order valence-corrected chi connectivity index (χ2v) is 6.36. The van der Waals surface area contributed by atoms with E-state index in [-0.39, 0.29) is 12.1 Å². The molecule has 0 bridgehead atoms. The van der Waals surface area contributed by atoms with Crippen molar-refractivity contribution < 1.29 is 13.2 Å². The second kappa shape index (κ2) is 8.73. The van der Waals surface area contributed by atoms with Gasteiger partial charge >= 0.3 is 6.18 Å². The molecule has 0 aliphatic carbocycles. The van der Waals surface area contributed by atoms with E-state index in [2.05, 4.69) is 15.0 Å². The minimum absolute atomic E-state index is 0.0883. The number of halogens is 4. The van der Waals surface area contributed by atoms with Crippen LogP contribution in [0.2, 0.25) is 5.15 Å². The first kappa shape index (κ1) is 21.9. The summed E-state index contributed by atoms with van der Waals surface area (Å²) in [7, 11) is 1.85. The van der Waals surface area contributed by atoms with Gasteiger partial charge in [0.15, 0.2) is 5.49 Å². The van der Waals surface area contributed by atoms with Gasteiger partial charge in [-0.05, 0) is 37.1 Å². The maximum Gasteiger partial charge on any atom is 0.416 e. The molecule has 0 fully saturated rings. The molecule has 0 saturated heterocycles. The summed E-state index contributed by atoms with van der Waals surface area (Å²) in [5.41, 5.74) is 1.25. The van der Waals surface area contributed by atoms with Crippen molar-refractivity contribution in [2.75, 3.05) is 0 Å². The predicted molar refractivity (Wildman–Crippen MR) is 105 cm³/mol. The zero-order valence-corrected chi connectivity index (χ0v) is 17.2. The molecule has 0 saturated carbocycles. The van der Waals surface area contributed by atoms with Crippen LogP contribution in [0, 0.1) is 13.8 Å². The molecule has 3 aromatic rings. The first-order valence-electron chi connectivity index (χ1n) is 8.83. The Kier molecular flexibility index (Phi) is 6.82. The molecule has 0 atom stereocenters. The van der Waals surface area contributed by atoms with Crippen molar-refractivity contribution in [3.05, 3.63) is 63.6 Å². The van der Waals surface area contributed by atoms with Crippen molar-refractivity contribution in [1.82, 2.24) is 14.5 Å². The maximum absolute atomic E-state index is 13.1. The lowest BCUT2D eigenvalue weighted by Crippen LogP contribution is -2.17. The summed E-state index contributed by atoms with van der Waals surface area (Å²) in [6, 6.07) is 5.76. The smallest absolute Gasteiger partial charge is 0.331 e. The normalized spacial score (nSPS) is 12.1. The summed E-state index contributed by atoms with van der Waals surface area (Å²) in [5.74, 6) is 0.709. The van der Waals surface area contributed by atoms with Crippen LogP contribution >= 0.6 is 11.6 Å². The highest BCUT2D eigenvalue weighted by atomic mass is 35.5. The molecule has 8 heteroatoms. The standard InChI is InChI=1S/C18H16ClF3N4.C2H6/c1-10-12(5-4-6-14(10)18(20,21)22)8-24-17-13-7-16(19)23-9-15(13)26(3)11(2)25-17;1-2/h4-7,9H,8H2,1-3H3;1-2H3. The number of aromatic nitrogens is 3. The lowest BCUT2D eigenvalue weighted by Gasteiger charge is -2.13. The quantitative estimate of drug-likeness (QED) is 0.532. The molecule has 0 radical (unpaired) electrons. The molecule has 28 heavy (non-hydrogen) atoms. The van der Waals surface area contributed by atoms with Crippen molar-refractivity contribution in [1.29, 1.82) is 0 Å². The van der Waals surface area contributed by atoms with Crippen LogP contribution in [0.15, 0.2) is 35.5 Å². The largest absolute Gasteiger partial charge is 0.416 e. The molecule has 0 unspecified atom stereocenters. The van der Waals surface area contributed by atoms with Crippen LogP contribution in [0.1, 0.15) is 36.4 Å². The molecule has 0 aliphatic rings. The van der Waals surface area contributed by atoms with E-state index < -0.39 is 11.7 Å². The number of fused-ring (bicyclic) bond motifs is 1. The van der Waals surface area contributed by atoms with E-state index in [0.717, 1.165) is 11.6 Å². The van der Waals surface area contributed by atoms with E-state index in [1.807, 2.05) is 32.4 Å². The molecule has 2 aromatic heterocycles. The molecule has 1 aromatic carbocycles. The van der Waals surface area contributed by atoms with Crippen LogP contribution in [0.4, 0.5) is 13.2 Å². The minimum Gasteiger partial charge on any atom is -0.331 e. The highest BCUT2D eigenvalue weighted by Gasteiger charge is 2.32. The van der Waals surface area contributed by atoms with Gasteiger partial charge in [-0.3, -0.25) is 4.99 Å². The summed E-state index contributed by atoms with van der Waals surface area (Å²) in [4.78, 5) is 13.0. The van der Waals surface area contributed by atoms with Gasteiger partial charge in [-0.2, -0.15) is 13.2 Å². The first-order valence-corrected chi connectivity index (χ1v) is 9.21. The summed E-state index contributed by atoms with van der Waals surface area (Å²) < 4.78 is 41.1. The molecule has 150 valence electrons. The van der Waals surface area contributed by atoms with Crippen molar-refractivity contribution in [3.8, 4) is 0 Å². The third kappa shape index (κ3) is 4.52. The fourth-order valence-electron chi connectivity index (χ4n) is 2.77. The Balaban J connectivity index is 0.00000136. The van der Waals surface area contributed by atoms with E-state index in [1.165, 1.54) is 13.0 Å². The van der Waals surface area contributed by atoms with Crippen LogP contribution in [-0.2, 0) is 19.8 Å². The fourth-order valence-corrected chi connectivity index (χ4v) is 2.93. The van der Waals surface area contributed by atoms with Crippen molar-refractivity contribution in [2.24, 2.45) is 12.0 Å². The first-order chi connectivity index (χ1) is 13.2. The Hall–Kier alpha value is -2.41. The topological polar surface area (TPSA) is 43.1 Å². The van der Waals surface area contributed by atoms with Crippen molar-refractivity contribution >= 4 is 22.5 Å². The summed E-state index contributed by atoms with van der Waals surface area (Å²) in [6.45, 7) is 7.36. The number of hydrogen-bond donors (Lipinski definition) is 0. The molecule has 0 amide bonds. The van der Waals surface area contributed by atoms with Gasteiger partial charge < -0.3 is 4.57 Å². The molecule has 0 aliphatic heterocycles. The van der Waals surface area contributed by atoms with Crippen molar-refractivity contribution in [2.45, 2.75) is 40.4 Å². The van der Waals surface area contributed by atoms with Gasteiger partial charge in [-0.1, -0.05) is 37.6 Å². The third-order valence-corrected chi connectivity index (χ3v) is 4.56. The van der Waals surface area contributed by atoms with Crippen LogP contribution in [-0.4, -0.2) is 14.5 Å².